The first-order chi connectivity index (χ1) is 16.2. The molecular weight excluding hydrogens is 416 g/mol. The van der Waals surface area contributed by atoms with Gasteiger partial charge in [0.15, 0.2) is 5.76 Å². The molecule has 0 spiro atoms. The molecule has 3 aromatic heterocycles. The number of nitrogens with zero attached hydrogens (tertiary/aromatic N) is 1. The molecule has 0 aliphatic carbocycles. The zero-order valence-corrected chi connectivity index (χ0v) is 17.8. The molecule has 5 aromatic rings. The van der Waals surface area contributed by atoms with Crippen molar-refractivity contribution in [2.45, 2.75) is 19.3 Å². The monoisotopic (exact) mass is 438 g/mol. The van der Waals surface area contributed by atoms with Gasteiger partial charge in [-0.1, -0.05) is 42.5 Å². The smallest absolute Gasteiger partial charge is 0.305 e. The minimum Gasteiger partial charge on any atom is -0.459 e. The highest BCUT2D eigenvalue weighted by Crippen LogP contribution is 2.31. The average Bonchev–Trinajstić information content (AvgIpc) is 3.51. The molecule has 0 fully saturated rings. The number of amides is 2. The van der Waals surface area contributed by atoms with Crippen LogP contribution in [-0.4, -0.2) is 21.8 Å². The normalized spacial score (nSPS) is 11.0. The molecule has 164 valence electrons. The summed E-state index contributed by atoms with van der Waals surface area (Å²) in [5.41, 5.74) is 9.73. The number of para-hydroxylation sites is 2. The van der Waals surface area contributed by atoms with E-state index in [-0.39, 0.29) is 18.1 Å². The summed E-state index contributed by atoms with van der Waals surface area (Å²) in [5, 5.41) is 2.21. The molecule has 33 heavy (non-hydrogen) atoms. The summed E-state index contributed by atoms with van der Waals surface area (Å²) in [5.74, 6) is -0.614. The Morgan fingerprint density at radius 2 is 1.76 bits per heavy atom. The van der Waals surface area contributed by atoms with Gasteiger partial charge in [-0.25, -0.2) is 4.98 Å². The molecule has 0 aliphatic rings. The zero-order valence-electron chi connectivity index (χ0n) is 17.8. The van der Waals surface area contributed by atoms with Crippen LogP contribution in [0.5, 0.6) is 0 Å². The summed E-state index contributed by atoms with van der Waals surface area (Å²) in [7, 11) is 0. The summed E-state index contributed by atoms with van der Waals surface area (Å²) < 4.78 is 5.01. The Morgan fingerprint density at radius 3 is 2.64 bits per heavy atom. The number of aromatic amines is 1. The average molecular weight is 438 g/mol. The Kier molecular flexibility index (Phi) is 5.59. The van der Waals surface area contributed by atoms with Crippen molar-refractivity contribution >= 4 is 33.6 Å². The number of nitrogens with one attached hydrogen (secondary N) is 3. The Labute approximate surface area is 189 Å². The highest BCUT2D eigenvalue weighted by molar-refractivity contribution is 5.93. The van der Waals surface area contributed by atoms with Crippen LogP contribution in [0.3, 0.4) is 0 Å². The zero-order chi connectivity index (χ0) is 22.6. The van der Waals surface area contributed by atoms with E-state index >= 15 is 0 Å². The fourth-order valence-corrected chi connectivity index (χ4v) is 3.97. The number of benzene rings is 2. The third kappa shape index (κ3) is 4.34. The van der Waals surface area contributed by atoms with Crippen LogP contribution in [0, 0.1) is 0 Å². The molecule has 3 N–H and O–H groups in total. The molecule has 7 heteroatoms. The lowest BCUT2D eigenvalue weighted by atomic mass is 10.0. The number of carbonyl (C=O) groups excluding carboxylic acids is 2. The van der Waals surface area contributed by atoms with Gasteiger partial charge < -0.3 is 9.40 Å². The first kappa shape index (κ1) is 20.5. The lowest BCUT2D eigenvalue weighted by molar-refractivity contribution is -0.121. The molecule has 3 heterocycles. The van der Waals surface area contributed by atoms with Crippen LogP contribution >= 0.6 is 0 Å². The first-order valence-corrected chi connectivity index (χ1v) is 10.8. The number of hydrogen-bond donors (Lipinski definition) is 3. The van der Waals surface area contributed by atoms with Crippen LogP contribution in [0.4, 0.5) is 0 Å². The molecule has 5 rings (SSSR count). The van der Waals surface area contributed by atoms with E-state index in [9.17, 15) is 9.59 Å². The number of H-pyrrole nitrogens is 1. The minimum absolute atomic E-state index is 0.140. The predicted molar refractivity (Wildman–Crippen MR) is 126 cm³/mol. The lowest BCUT2D eigenvalue weighted by Gasteiger charge is -2.08. The first-order valence-electron chi connectivity index (χ1n) is 10.8. The largest absolute Gasteiger partial charge is 0.459 e. The Morgan fingerprint density at radius 1 is 0.909 bits per heavy atom. The van der Waals surface area contributed by atoms with E-state index in [1.165, 1.54) is 12.3 Å². The van der Waals surface area contributed by atoms with Crippen molar-refractivity contribution < 1.29 is 14.0 Å². The highest BCUT2D eigenvalue weighted by atomic mass is 16.3. The van der Waals surface area contributed by atoms with Gasteiger partial charge in [0.2, 0.25) is 5.91 Å². The van der Waals surface area contributed by atoms with Gasteiger partial charge in [-0.3, -0.25) is 20.4 Å². The number of aryl methyl sites for hydroxylation is 1. The van der Waals surface area contributed by atoms with Gasteiger partial charge in [0, 0.05) is 22.7 Å². The van der Waals surface area contributed by atoms with Gasteiger partial charge in [0.25, 0.3) is 0 Å². The molecule has 0 radical (unpaired) electrons. The maximum absolute atomic E-state index is 12.2. The van der Waals surface area contributed by atoms with Gasteiger partial charge >= 0.3 is 5.91 Å². The van der Waals surface area contributed by atoms with E-state index in [0.717, 1.165) is 38.8 Å². The molecule has 0 atom stereocenters. The van der Waals surface area contributed by atoms with E-state index < -0.39 is 5.91 Å². The van der Waals surface area contributed by atoms with Crippen molar-refractivity contribution in [1.29, 1.82) is 0 Å². The quantitative estimate of drug-likeness (QED) is 0.333. The number of fused-ring (bicyclic) bond motifs is 2. The number of pyridine rings is 1. The third-order valence-corrected chi connectivity index (χ3v) is 5.56. The number of furan rings is 1. The van der Waals surface area contributed by atoms with Crippen LogP contribution in [0.2, 0.25) is 0 Å². The predicted octanol–water partition coefficient (Wildman–Crippen LogP) is 4.76. The molecule has 0 saturated carbocycles. The van der Waals surface area contributed by atoms with Crippen molar-refractivity contribution in [1.82, 2.24) is 20.8 Å². The molecule has 0 bridgehead atoms. The van der Waals surface area contributed by atoms with Crippen LogP contribution in [0.15, 0.2) is 83.5 Å². The van der Waals surface area contributed by atoms with Crippen LogP contribution in [0.25, 0.3) is 33.2 Å². The number of hydrogen-bond acceptors (Lipinski definition) is 4. The van der Waals surface area contributed by atoms with E-state index in [4.69, 9.17) is 9.40 Å². The van der Waals surface area contributed by atoms with Crippen molar-refractivity contribution in [3.8, 4) is 11.4 Å². The van der Waals surface area contributed by atoms with Gasteiger partial charge in [0.05, 0.1) is 23.2 Å². The number of carbonyl (C=O) groups is 2. The third-order valence-electron chi connectivity index (χ3n) is 5.56. The van der Waals surface area contributed by atoms with Crippen molar-refractivity contribution in [3.63, 3.8) is 0 Å². The molecule has 0 saturated heterocycles. The Bertz CT molecular complexity index is 1440. The molecular formula is C26H22N4O3. The second kappa shape index (κ2) is 9.00. The molecule has 2 aromatic carbocycles. The fourth-order valence-electron chi connectivity index (χ4n) is 3.97. The van der Waals surface area contributed by atoms with Gasteiger partial charge in [-0.15, -0.1) is 0 Å². The van der Waals surface area contributed by atoms with E-state index in [1.54, 1.807) is 6.07 Å². The summed E-state index contributed by atoms with van der Waals surface area (Å²) in [4.78, 5) is 32.5. The Hall–Kier alpha value is -4.39. The standard InChI is InChI=1S/C26H22N4O3/c31-24(29-30-26(32)23-12-6-16-33-23)13-5-9-19-18-8-2-4-11-21(18)28-25(19)22-15-14-17-7-1-3-10-20(17)27-22/h1-4,6-8,10-12,14-16,28H,5,9,13H2,(H,29,31)(H,30,32). The Balaban J connectivity index is 1.31. The van der Waals surface area contributed by atoms with Gasteiger partial charge in [-0.05, 0) is 48.7 Å². The summed E-state index contributed by atoms with van der Waals surface area (Å²) in [6.07, 6.45) is 2.97. The maximum atomic E-state index is 12.2. The molecule has 2 amide bonds. The van der Waals surface area contributed by atoms with Crippen LogP contribution < -0.4 is 10.9 Å². The van der Waals surface area contributed by atoms with Crippen LogP contribution in [0.1, 0.15) is 29.0 Å². The maximum Gasteiger partial charge on any atom is 0.305 e. The van der Waals surface area contributed by atoms with Crippen molar-refractivity contribution in [2.24, 2.45) is 0 Å². The van der Waals surface area contributed by atoms with Gasteiger partial charge in [-0.2, -0.15) is 0 Å². The second-order valence-corrected chi connectivity index (χ2v) is 7.75. The topological polar surface area (TPSA) is 100 Å². The second-order valence-electron chi connectivity index (χ2n) is 7.75. The van der Waals surface area contributed by atoms with Crippen molar-refractivity contribution in [3.05, 3.63) is 90.4 Å². The van der Waals surface area contributed by atoms with Crippen LogP contribution in [-0.2, 0) is 11.2 Å². The number of hydrazine groups is 1. The van der Waals surface area contributed by atoms with Gasteiger partial charge in [0.1, 0.15) is 0 Å². The lowest BCUT2D eigenvalue weighted by Crippen LogP contribution is -2.41. The molecule has 7 nitrogen and oxygen atoms in total. The van der Waals surface area contributed by atoms with E-state index in [0.29, 0.717) is 12.8 Å². The number of aromatic nitrogens is 2. The highest BCUT2D eigenvalue weighted by Gasteiger charge is 2.15. The van der Waals surface area contributed by atoms with E-state index in [1.807, 2.05) is 48.5 Å². The van der Waals surface area contributed by atoms with Crippen molar-refractivity contribution in [2.75, 3.05) is 0 Å². The summed E-state index contributed by atoms with van der Waals surface area (Å²) in [6.45, 7) is 0. The summed E-state index contributed by atoms with van der Waals surface area (Å²) in [6, 6.07) is 23.4. The van der Waals surface area contributed by atoms with E-state index in [2.05, 4.69) is 28.0 Å². The molecule has 0 aliphatic heterocycles. The number of rotatable bonds is 6. The fraction of sp³-hybridized carbons (Fsp3) is 0.115. The SMILES string of the molecule is O=C(CCCc1c(-c2ccc3ccccc3n2)[nH]c2ccccc12)NNC(=O)c1ccco1. The summed E-state index contributed by atoms with van der Waals surface area (Å²) >= 11 is 0. The molecule has 0 unspecified atom stereocenters. The minimum atomic E-state index is -0.491.